The first-order valence-corrected chi connectivity index (χ1v) is 8.21. The molecule has 1 atom stereocenters. The van der Waals surface area contributed by atoms with Gasteiger partial charge in [0, 0.05) is 18.2 Å². The van der Waals surface area contributed by atoms with Crippen LogP contribution in [0, 0.1) is 0 Å². The number of amides is 1. The van der Waals surface area contributed by atoms with Gasteiger partial charge >= 0.3 is 0 Å². The van der Waals surface area contributed by atoms with Crippen LogP contribution in [-0.4, -0.2) is 38.6 Å². The first-order chi connectivity index (χ1) is 12.5. The number of carbonyl (C=O) groups excluding carboxylic acids is 2. The van der Waals surface area contributed by atoms with E-state index in [9.17, 15) is 9.59 Å². The van der Waals surface area contributed by atoms with Crippen molar-refractivity contribution in [1.29, 1.82) is 0 Å². The van der Waals surface area contributed by atoms with Crippen molar-refractivity contribution in [3.8, 4) is 17.2 Å². The highest BCUT2D eigenvalue weighted by molar-refractivity contribution is 5.88. The molecule has 0 radical (unpaired) electrons. The van der Waals surface area contributed by atoms with E-state index in [1.165, 1.54) is 21.1 Å². The van der Waals surface area contributed by atoms with Gasteiger partial charge in [-0.2, -0.15) is 0 Å². The van der Waals surface area contributed by atoms with Crippen molar-refractivity contribution < 1.29 is 23.8 Å². The van der Waals surface area contributed by atoms with Crippen molar-refractivity contribution in [3.05, 3.63) is 54.1 Å². The molecule has 0 saturated carbocycles. The molecule has 0 aliphatic carbocycles. The van der Waals surface area contributed by atoms with E-state index in [0.717, 1.165) is 5.56 Å². The Morgan fingerprint density at radius 3 is 2.08 bits per heavy atom. The van der Waals surface area contributed by atoms with E-state index in [1.807, 2.05) is 30.3 Å². The minimum absolute atomic E-state index is 0.106. The van der Waals surface area contributed by atoms with Crippen LogP contribution in [0.25, 0.3) is 0 Å². The fourth-order valence-electron chi connectivity index (χ4n) is 2.40. The number of hydrogen-bond donors (Lipinski definition) is 1. The number of ketones is 1. The van der Waals surface area contributed by atoms with Gasteiger partial charge in [0.05, 0.1) is 20.3 Å². The van der Waals surface area contributed by atoms with Crippen LogP contribution in [-0.2, 0) is 16.0 Å². The number of rotatable bonds is 9. The molecule has 1 N–H and O–H groups in total. The van der Waals surface area contributed by atoms with Crippen molar-refractivity contribution in [2.24, 2.45) is 0 Å². The first-order valence-electron chi connectivity index (χ1n) is 8.21. The SMILES string of the molecule is COc1cc(OC)cc(OCC(=O)NC(Cc2ccccc2)C(C)=O)c1. The maximum Gasteiger partial charge on any atom is 0.258 e. The summed E-state index contributed by atoms with van der Waals surface area (Å²) in [4.78, 5) is 24.0. The van der Waals surface area contributed by atoms with E-state index in [2.05, 4.69) is 5.32 Å². The molecule has 26 heavy (non-hydrogen) atoms. The normalized spacial score (nSPS) is 11.3. The lowest BCUT2D eigenvalue weighted by Gasteiger charge is -2.16. The fourth-order valence-corrected chi connectivity index (χ4v) is 2.40. The molecular weight excluding hydrogens is 334 g/mol. The zero-order valence-corrected chi connectivity index (χ0v) is 15.2. The van der Waals surface area contributed by atoms with Crippen LogP contribution in [0.3, 0.4) is 0 Å². The Balaban J connectivity index is 1.95. The van der Waals surface area contributed by atoms with Gasteiger partial charge < -0.3 is 19.5 Å². The molecule has 0 aliphatic heterocycles. The van der Waals surface area contributed by atoms with E-state index in [4.69, 9.17) is 14.2 Å². The second-order valence-corrected chi connectivity index (χ2v) is 5.76. The number of carbonyl (C=O) groups is 2. The predicted molar refractivity (Wildman–Crippen MR) is 97.8 cm³/mol. The summed E-state index contributed by atoms with van der Waals surface area (Å²) in [6.07, 6.45) is 0.439. The molecule has 1 amide bonds. The molecule has 0 heterocycles. The monoisotopic (exact) mass is 357 g/mol. The molecule has 0 saturated heterocycles. The lowest BCUT2D eigenvalue weighted by Crippen LogP contribution is -2.43. The average molecular weight is 357 g/mol. The smallest absolute Gasteiger partial charge is 0.258 e. The summed E-state index contributed by atoms with van der Waals surface area (Å²) in [7, 11) is 3.07. The second kappa shape index (κ2) is 9.46. The average Bonchev–Trinajstić information content (AvgIpc) is 2.66. The van der Waals surface area contributed by atoms with Crippen LogP contribution < -0.4 is 19.5 Å². The van der Waals surface area contributed by atoms with E-state index in [0.29, 0.717) is 23.7 Å². The molecule has 138 valence electrons. The molecule has 0 spiro atoms. The summed E-state index contributed by atoms with van der Waals surface area (Å²) in [5, 5.41) is 2.72. The van der Waals surface area contributed by atoms with Gasteiger partial charge in [-0.25, -0.2) is 0 Å². The summed E-state index contributed by atoms with van der Waals surface area (Å²) in [5.74, 6) is 1.09. The van der Waals surface area contributed by atoms with E-state index in [-0.39, 0.29) is 18.3 Å². The van der Waals surface area contributed by atoms with Gasteiger partial charge in [-0.3, -0.25) is 9.59 Å². The highest BCUT2D eigenvalue weighted by atomic mass is 16.5. The van der Waals surface area contributed by atoms with Crippen LogP contribution in [0.2, 0.25) is 0 Å². The minimum Gasteiger partial charge on any atom is -0.496 e. The molecule has 1 unspecified atom stereocenters. The predicted octanol–water partition coefficient (Wildman–Crippen LogP) is 2.40. The fraction of sp³-hybridized carbons (Fsp3) is 0.300. The molecule has 6 heteroatoms. The molecular formula is C20H23NO5. The Labute approximate surface area is 153 Å². The number of ether oxygens (including phenoxy) is 3. The highest BCUT2D eigenvalue weighted by Gasteiger charge is 2.18. The van der Waals surface area contributed by atoms with Crippen molar-refractivity contribution in [2.75, 3.05) is 20.8 Å². The largest absolute Gasteiger partial charge is 0.496 e. The van der Waals surface area contributed by atoms with Gasteiger partial charge in [0.1, 0.15) is 17.2 Å². The third-order valence-corrected chi connectivity index (χ3v) is 3.80. The lowest BCUT2D eigenvalue weighted by atomic mass is 10.0. The van der Waals surface area contributed by atoms with Crippen LogP contribution in [0.4, 0.5) is 0 Å². The molecule has 0 bridgehead atoms. The summed E-state index contributed by atoms with van der Waals surface area (Å²) in [6, 6.07) is 14.0. The van der Waals surface area contributed by atoms with Crippen molar-refractivity contribution in [2.45, 2.75) is 19.4 Å². The first kappa shape index (κ1) is 19.3. The standard InChI is InChI=1S/C20H23NO5/c1-14(22)19(9-15-7-5-4-6-8-15)21-20(23)13-26-18-11-16(24-2)10-17(12-18)25-3/h4-8,10-12,19H,9,13H2,1-3H3,(H,21,23). The van der Waals surface area contributed by atoms with Gasteiger partial charge in [0.25, 0.3) is 5.91 Å². The van der Waals surface area contributed by atoms with Crippen LogP contribution in [0.1, 0.15) is 12.5 Å². The van der Waals surface area contributed by atoms with E-state index < -0.39 is 6.04 Å². The molecule has 0 aromatic heterocycles. The van der Waals surface area contributed by atoms with E-state index in [1.54, 1.807) is 18.2 Å². The summed E-state index contributed by atoms with van der Waals surface area (Å²) < 4.78 is 15.8. The Bertz CT molecular complexity index is 723. The maximum absolute atomic E-state index is 12.2. The van der Waals surface area contributed by atoms with Gasteiger partial charge in [-0.1, -0.05) is 30.3 Å². The zero-order chi connectivity index (χ0) is 18.9. The second-order valence-electron chi connectivity index (χ2n) is 5.76. The van der Waals surface area contributed by atoms with Crippen molar-refractivity contribution in [3.63, 3.8) is 0 Å². The van der Waals surface area contributed by atoms with E-state index >= 15 is 0 Å². The molecule has 2 aromatic rings. The number of Topliss-reactive ketones (excluding diaryl/α,β-unsaturated/α-hetero) is 1. The lowest BCUT2D eigenvalue weighted by molar-refractivity contribution is -0.128. The van der Waals surface area contributed by atoms with Gasteiger partial charge in [-0.05, 0) is 18.9 Å². The molecule has 6 nitrogen and oxygen atoms in total. The Morgan fingerprint density at radius 2 is 1.54 bits per heavy atom. The Morgan fingerprint density at radius 1 is 0.962 bits per heavy atom. The third-order valence-electron chi connectivity index (χ3n) is 3.80. The van der Waals surface area contributed by atoms with Gasteiger partial charge in [0.2, 0.25) is 0 Å². The summed E-state index contributed by atoms with van der Waals surface area (Å²) >= 11 is 0. The Kier molecular flexibility index (Phi) is 7.02. The number of nitrogens with one attached hydrogen (secondary N) is 1. The van der Waals surface area contributed by atoms with Crippen LogP contribution >= 0.6 is 0 Å². The summed E-state index contributed by atoms with van der Waals surface area (Å²) in [6.45, 7) is 1.25. The van der Waals surface area contributed by atoms with Crippen LogP contribution in [0.5, 0.6) is 17.2 Å². The van der Waals surface area contributed by atoms with Crippen LogP contribution in [0.15, 0.2) is 48.5 Å². The summed E-state index contributed by atoms with van der Waals surface area (Å²) in [5.41, 5.74) is 0.978. The minimum atomic E-state index is -0.589. The van der Waals surface area contributed by atoms with Gasteiger partial charge in [-0.15, -0.1) is 0 Å². The number of hydrogen-bond acceptors (Lipinski definition) is 5. The highest BCUT2D eigenvalue weighted by Crippen LogP contribution is 2.27. The third kappa shape index (κ3) is 5.81. The quantitative estimate of drug-likeness (QED) is 0.746. The maximum atomic E-state index is 12.2. The Hall–Kier alpha value is -3.02. The topological polar surface area (TPSA) is 73.9 Å². The van der Waals surface area contributed by atoms with Gasteiger partial charge in [0.15, 0.2) is 12.4 Å². The zero-order valence-electron chi connectivity index (χ0n) is 15.2. The van der Waals surface area contributed by atoms with Crippen molar-refractivity contribution in [1.82, 2.24) is 5.32 Å². The number of methoxy groups -OCH3 is 2. The molecule has 2 rings (SSSR count). The molecule has 0 fully saturated rings. The number of benzene rings is 2. The van der Waals surface area contributed by atoms with Crippen molar-refractivity contribution >= 4 is 11.7 Å². The molecule has 0 aliphatic rings. The molecule has 2 aromatic carbocycles.